The third-order valence-corrected chi connectivity index (χ3v) is 2.35. The molecule has 18 heavy (non-hydrogen) atoms. The number of hydrogen-bond donors (Lipinski definition) is 2. The molecule has 0 radical (unpaired) electrons. The van der Waals surface area contributed by atoms with E-state index in [4.69, 9.17) is 0 Å². The summed E-state index contributed by atoms with van der Waals surface area (Å²) in [5.74, 6) is -0.671. The first-order valence-electron chi connectivity index (χ1n) is 5.50. The van der Waals surface area contributed by atoms with Crippen LogP contribution >= 0.6 is 0 Å². The molecule has 1 atom stereocenters. The highest BCUT2D eigenvalue weighted by molar-refractivity contribution is 5.78. The van der Waals surface area contributed by atoms with Crippen molar-refractivity contribution in [1.29, 1.82) is 0 Å². The summed E-state index contributed by atoms with van der Waals surface area (Å²) < 4.78 is 35.5. The minimum Gasteiger partial charge on any atom is -0.346 e. The molecule has 2 N–H and O–H groups in total. The van der Waals surface area contributed by atoms with Crippen LogP contribution < -0.4 is 10.6 Å². The maximum Gasteiger partial charge on any atom is 0.405 e. The van der Waals surface area contributed by atoms with E-state index in [1.807, 2.05) is 37.3 Å². The highest BCUT2D eigenvalue weighted by Crippen LogP contribution is 2.12. The van der Waals surface area contributed by atoms with Crippen LogP contribution in [0.2, 0.25) is 0 Å². The van der Waals surface area contributed by atoms with Gasteiger partial charge in [0.2, 0.25) is 5.91 Å². The summed E-state index contributed by atoms with van der Waals surface area (Å²) in [5.41, 5.74) is 0.973. The van der Waals surface area contributed by atoms with E-state index in [1.54, 1.807) is 5.32 Å². The SMILES string of the molecule is CC(NCC(=O)NCC(F)(F)F)c1ccccc1. The lowest BCUT2D eigenvalue weighted by molar-refractivity contribution is -0.137. The predicted molar refractivity (Wildman–Crippen MR) is 61.9 cm³/mol. The van der Waals surface area contributed by atoms with Gasteiger partial charge in [-0.15, -0.1) is 0 Å². The number of amides is 1. The fourth-order valence-corrected chi connectivity index (χ4v) is 1.37. The number of rotatable bonds is 5. The molecule has 6 heteroatoms. The fourth-order valence-electron chi connectivity index (χ4n) is 1.37. The Kier molecular flexibility index (Phi) is 5.15. The zero-order chi connectivity index (χ0) is 13.6. The van der Waals surface area contributed by atoms with E-state index in [1.165, 1.54) is 0 Å². The Bertz CT molecular complexity index is 379. The highest BCUT2D eigenvalue weighted by Gasteiger charge is 2.27. The number of hydrogen-bond acceptors (Lipinski definition) is 2. The first-order chi connectivity index (χ1) is 8.38. The van der Waals surface area contributed by atoms with E-state index in [9.17, 15) is 18.0 Å². The molecule has 0 aliphatic rings. The molecule has 0 aromatic heterocycles. The van der Waals surface area contributed by atoms with Gasteiger partial charge in [0.25, 0.3) is 0 Å². The second-order valence-corrected chi connectivity index (χ2v) is 3.91. The zero-order valence-electron chi connectivity index (χ0n) is 9.92. The van der Waals surface area contributed by atoms with Crippen LogP contribution in [0.5, 0.6) is 0 Å². The Morgan fingerprint density at radius 1 is 1.28 bits per heavy atom. The third kappa shape index (κ3) is 5.67. The minimum absolute atomic E-state index is 0.0946. The smallest absolute Gasteiger partial charge is 0.346 e. The van der Waals surface area contributed by atoms with Gasteiger partial charge in [-0.1, -0.05) is 30.3 Å². The zero-order valence-corrected chi connectivity index (χ0v) is 9.92. The molecule has 3 nitrogen and oxygen atoms in total. The van der Waals surface area contributed by atoms with Crippen LogP contribution in [0.1, 0.15) is 18.5 Å². The van der Waals surface area contributed by atoms with Crippen LogP contribution in [-0.2, 0) is 4.79 Å². The summed E-state index contributed by atoms with van der Waals surface area (Å²) in [6.45, 7) is 0.395. The van der Waals surface area contributed by atoms with Crippen LogP contribution in [0.3, 0.4) is 0 Å². The van der Waals surface area contributed by atoms with Gasteiger partial charge >= 0.3 is 6.18 Å². The molecule has 0 fully saturated rings. The van der Waals surface area contributed by atoms with Crippen LogP contribution in [0.25, 0.3) is 0 Å². The topological polar surface area (TPSA) is 41.1 Å². The van der Waals surface area contributed by atoms with Crippen molar-refractivity contribution in [3.05, 3.63) is 35.9 Å². The van der Waals surface area contributed by atoms with Crippen LogP contribution in [0, 0.1) is 0 Å². The number of alkyl halides is 3. The summed E-state index contributed by atoms with van der Waals surface area (Å²) in [6, 6.07) is 9.25. The summed E-state index contributed by atoms with van der Waals surface area (Å²) in [5, 5.41) is 4.66. The molecule has 1 unspecified atom stereocenters. The molecule has 100 valence electrons. The van der Waals surface area contributed by atoms with Crippen LogP contribution in [0.4, 0.5) is 13.2 Å². The largest absolute Gasteiger partial charge is 0.405 e. The Hall–Kier alpha value is -1.56. The number of halogens is 3. The molecule has 0 saturated heterocycles. The molecule has 1 rings (SSSR count). The van der Waals surface area contributed by atoms with E-state index in [0.29, 0.717) is 0 Å². The molecule has 0 aliphatic carbocycles. The molecule has 0 bridgehead atoms. The predicted octanol–water partition coefficient (Wildman–Crippen LogP) is 2.02. The lowest BCUT2D eigenvalue weighted by Crippen LogP contribution is -2.39. The van der Waals surface area contributed by atoms with Gasteiger partial charge in [0, 0.05) is 6.04 Å². The van der Waals surface area contributed by atoms with Gasteiger partial charge in [-0.3, -0.25) is 4.79 Å². The Labute approximate surface area is 103 Å². The van der Waals surface area contributed by atoms with E-state index in [0.717, 1.165) is 5.56 Å². The van der Waals surface area contributed by atoms with Crippen molar-refractivity contribution in [3.63, 3.8) is 0 Å². The Morgan fingerprint density at radius 3 is 2.44 bits per heavy atom. The monoisotopic (exact) mass is 260 g/mol. The molecule has 0 heterocycles. The Balaban J connectivity index is 2.31. The normalized spacial score (nSPS) is 13.1. The summed E-state index contributed by atoms with van der Waals surface area (Å²) in [4.78, 5) is 11.2. The first kappa shape index (κ1) is 14.5. The van der Waals surface area contributed by atoms with Crippen molar-refractivity contribution < 1.29 is 18.0 Å². The van der Waals surface area contributed by atoms with Crippen molar-refractivity contribution in [2.75, 3.05) is 13.1 Å². The van der Waals surface area contributed by atoms with Gasteiger partial charge in [0.15, 0.2) is 0 Å². The van der Waals surface area contributed by atoms with Crippen molar-refractivity contribution >= 4 is 5.91 Å². The molecule has 0 saturated carbocycles. The van der Waals surface area contributed by atoms with E-state index >= 15 is 0 Å². The first-order valence-corrected chi connectivity index (χ1v) is 5.50. The number of carbonyl (C=O) groups is 1. The maximum atomic E-state index is 11.8. The number of nitrogens with one attached hydrogen (secondary N) is 2. The van der Waals surface area contributed by atoms with Gasteiger partial charge in [-0.05, 0) is 12.5 Å². The molecule has 1 aromatic rings. The van der Waals surface area contributed by atoms with E-state index < -0.39 is 18.6 Å². The average molecular weight is 260 g/mol. The van der Waals surface area contributed by atoms with Crippen molar-refractivity contribution in [2.24, 2.45) is 0 Å². The second kappa shape index (κ2) is 6.39. The fraction of sp³-hybridized carbons (Fsp3) is 0.417. The summed E-state index contributed by atoms with van der Waals surface area (Å²) >= 11 is 0. The second-order valence-electron chi connectivity index (χ2n) is 3.91. The highest BCUT2D eigenvalue weighted by atomic mass is 19.4. The number of carbonyl (C=O) groups excluding carboxylic acids is 1. The third-order valence-electron chi connectivity index (χ3n) is 2.35. The van der Waals surface area contributed by atoms with Crippen LogP contribution in [0.15, 0.2) is 30.3 Å². The lowest BCUT2D eigenvalue weighted by Gasteiger charge is -2.14. The van der Waals surface area contributed by atoms with Gasteiger partial charge in [0.05, 0.1) is 6.54 Å². The molecule has 0 spiro atoms. The molecular weight excluding hydrogens is 245 g/mol. The molecular formula is C12H15F3N2O. The molecule has 1 aromatic carbocycles. The van der Waals surface area contributed by atoms with Crippen molar-refractivity contribution in [2.45, 2.75) is 19.1 Å². The van der Waals surface area contributed by atoms with Gasteiger partial charge in [-0.25, -0.2) is 0 Å². The summed E-state index contributed by atoms with van der Waals surface area (Å²) in [6.07, 6.45) is -4.37. The van der Waals surface area contributed by atoms with Gasteiger partial charge < -0.3 is 10.6 Å². The Morgan fingerprint density at radius 2 is 1.89 bits per heavy atom. The van der Waals surface area contributed by atoms with Crippen LogP contribution in [-0.4, -0.2) is 25.2 Å². The molecule has 0 aliphatic heterocycles. The minimum atomic E-state index is -4.37. The van der Waals surface area contributed by atoms with E-state index in [2.05, 4.69) is 5.32 Å². The quantitative estimate of drug-likeness (QED) is 0.850. The van der Waals surface area contributed by atoms with E-state index in [-0.39, 0.29) is 12.6 Å². The average Bonchev–Trinajstić information content (AvgIpc) is 2.33. The maximum absolute atomic E-state index is 11.8. The lowest BCUT2D eigenvalue weighted by atomic mass is 10.1. The van der Waals surface area contributed by atoms with Crippen molar-refractivity contribution in [3.8, 4) is 0 Å². The standard InChI is InChI=1S/C12H15F3N2O/c1-9(10-5-3-2-4-6-10)16-7-11(18)17-8-12(13,14)15/h2-6,9,16H,7-8H2,1H3,(H,17,18). The van der Waals surface area contributed by atoms with Gasteiger partial charge in [0.1, 0.15) is 6.54 Å². The van der Waals surface area contributed by atoms with Gasteiger partial charge in [-0.2, -0.15) is 13.2 Å². The number of benzene rings is 1. The summed E-state index contributed by atoms with van der Waals surface area (Å²) in [7, 11) is 0. The molecule has 1 amide bonds. The van der Waals surface area contributed by atoms with Crippen molar-refractivity contribution in [1.82, 2.24) is 10.6 Å².